The third-order valence-electron chi connectivity index (χ3n) is 3.86. The molecular formula is C12H15N3O. The first kappa shape index (κ1) is 9.78. The van der Waals surface area contributed by atoms with Gasteiger partial charge in [0.1, 0.15) is 0 Å². The average molecular weight is 217 g/mol. The third-order valence-corrected chi connectivity index (χ3v) is 3.86. The molecular weight excluding hydrogens is 202 g/mol. The first-order valence-corrected chi connectivity index (χ1v) is 5.67. The molecule has 0 atom stereocenters. The van der Waals surface area contributed by atoms with Crippen molar-refractivity contribution in [1.82, 2.24) is 9.88 Å². The van der Waals surface area contributed by atoms with E-state index in [1.807, 2.05) is 6.07 Å². The summed E-state index contributed by atoms with van der Waals surface area (Å²) >= 11 is 0. The predicted molar refractivity (Wildman–Crippen MR) is 61.3 cm³/mol. The molecule has 2 aliphatic rings. The monoisotopic (exact) mass is 217 g/mol. The lowest BCUT2D eigenvalue weighted by Gasteiger charge is -2.36. The van der Waals surface area contributed by atoms with E-state index in [-0.39, 0.29) is 11.3 Å². The number of carbonyl (C=O) groups excluding carboxylic acids is 1. The van der Waals surface area contributed by atoms with E-state index in [9.17, 15) is 4.79 Å². The number of nitrogens with zero attached hydrogens (tertiary/aromatic N) is 2. The zero-order chi connectivity index (χ0) is 11.2. The van der Waals surface area contributed by atoms with Gasteiger partial charge in [0, 0.05) is 6.20 Å². The van der Waals surface area contributed by atoms with E-state index in [0.29, 0.717) is 0 Å². The van der Waals surface area contributed by atoms with Crippen LogP contribution in [-0.2, 0) is 10.2 Å². The topological polar surface area (TPSA) is 45.2 Å². The molecule has 1 aromatic rings. The molecule has 1 saturated heterocycles. The number of carbonyl (C=O) groups is 1. The van der Waals surface area contributed by atoms with Gasteiger partial charge in [-0.15, -0.1) is 0 Å². The second-order valence-corrected chi connectivity index (χ2v) is 4.76. The van der Waals surface area contributed by atoms with Crippen LogP contribution in [-0.4, -0.2) is 35.9 Å². The molecule has 1 spiro atoms. The Morgan fingerprint density at radius 3 is 2.94 bits per heavy atom. The van der Waals surface area contributed by atoms with Gasteiger partial charge >= 0.3 is 0 Å². The summed E-state index contributed by atoms with van der Waals surface area (Å²) in [5, 5.41) is 2.95. The fourth-order valence-corrected chi connectivity index (χ4v) is 2.77. The average Bonchev–Trinajstić information content (AvgIpc) is 2.57. The van der Waals surface area contributed by atoms with Gasteiger partial charge in [0.25, 0.3) is 0 Å². The Morgan fingerprint density at radius 1 is 1.44 bits per heavy atom. The summed E-state index contributed by atoms with van der Waals surface area (Å²) in [6.07, 6.45) is 5.35. The lowest BCUT2D eigenvalue weighted by atomic mass is 9.74. The standard InChI is InChI=1S/C12H15N3O/c1-15-6-3-12(4-7-15)9-2-5-13-8-10(9)14-11(12)16/h2,5,8H,3-4,6-7H2,1H3,(H,14,16). The summed E-state index contributed by atoms with van der Waals surface area (Å²) in [6.45, 7) is 1.96. The van der Waals surface area contributed by atoms with Gasteiger partial charge in [-0.1, -0.05) is 0 Å². The Hall–Kier alpha value is -1.42. The fraction of sp³-hybridized carbons (Fsp3) is 0.500. The van der Waals surface area contributed by atoms with E-state index in [4.69, 9.17) is 0 Å². The van der Waals surface area contributed by atoms with Gasteiger partial charge in [-0.2, -0.15) is 0 Å². The molecule has 0 saturated carbocycles. The van der Waals surface area contributed by atoms with Crippen molar-refractivity contribution in [3.05, 3.63) is 24.0 Å². The Labute approximate surface area is 94.7 Å². The molecule has 0 aliphatic carbocycles. The lowest BCUT2D eigenvalue weighted by Crippen LogP contribution is -2.45. The molecule has 3 rings (SSSR count). The second-order valence-electron chi connectivity index (χ2n) is 4.76. The number of aromatic nitrogens is 1. The van der Waals surface area contributed by atoms with Crippen LogP contribution < -0.4 is 5.32 Å². The highest BCUT2D eigenvalue weighted by Gasteiger charge is 2.47. The molecule has 1 amide bonds. The van der Waals surface area contributed by atoms with Gasteiger partial charge in [0.2, 0.25) is 5.91 Å². The number of fused-ring (bicyclic) bond motifs is 2. The van der Waals surface area contributed by atoms with E-state index >= 15 is 0 Å². The van der Waals surface area contributed by atoms with Gasteiger partial charge < -0.3 is 10.2 Å². The van der Waals surface area contributed by atoms with Crippen molar-refractivity contribution in [2.75, 3.05) is 25.5 Å². The summed E-state index contributed by atoms with van der Waals surface area (Å²) in [7, 11) is 2.10. The second kappa shape index (κ2) is 3.28. The van der Waals surface area contributed by atoms with Gasteiger partial charge in [-0.25, -0.2) is 0 Å². The molecule has 16 heavy (non-hydrogen) atoms. The molecule has 0 aromatic carbocycles. The van der Waals surface area contributed by atoms with Gasteiger partial charge in [0.05, 0.1) is 17.3 Å². The van der Waals surface area contributed by atoms with Crippen molar-refractivity contribution in [2.24, 2.45) is 0 Å². The molecule has 1 fully saturated rings. The highest BCUT2D eigenvalue weighted by molar-refractivity contribution is 6.06. The van der Waals surface area contributed by atoms with Crippen LogP contribution in [0.4, 0.5) is 5.69 Å². The molecule has 1 aromatic heterocycles. The third kappa shape index (κ3) is 1.19. The first-order valence-electron chi connectivity index (χ1n) is 5.67. The quantitative estimate of drug-likeness (QED) is 0.705. The lowest BCUT2D eigenvalue weighted by molar-refractivity contribution is -0.122. The number of rotatable bonds is 0. The number of piperidine rings is 1. The number of nitrogens with one attached hydrogen (secondary N) is 1. The summed E-state index contributed by atoms with van der Waals surface area (Å²) in [6, 6.07) is 1.98. The Balaban J connectivity index is 2.04. The minimum Gasteiger partial charge on any atom is -0.324 e. The van der Waals surface area contributed by atoms with Crippen LogP contribution in [0.2, 0.25) is 0 Å². The van der Waals surface area contributed by atoms with E-state index < -0.39 is 0 Å². The number of amides is 1. The number of likely N-dealkylation sites (tertiary alicyclic amines) is 1. The summed E-state index contributed by atoms with van der Waals surface area (Å²) in [4.78, 5) is 18.5. The van der Waals surface area contributed by atoms with Crippen LogP contribution in [0.1, 0.15) is 18.4 Å². The highest BCUT2D eigenvalue weighted by atomic mass is 16.2. The number of anilines is 1. The number of pyridine rings is 1. The largest absolute Gasteiger partial charge is 0.324 e. The van der Waals surface area contributed by atoms with Gasteiger partial charge in [-0.05, 0) is 44.6 Å². The van der Waals surface area contributed by atoms with Crippen molar-refractivity contribution in [1.29, 1.82) is 0 Å². The maximum Gasteiger partial charge on any atom is 0.235 e. The minimum absolute atomic E-state index is 0.156. The molecule has 0 radical (unpaired) electrons. The zero-order valence-corrected chi connectivity index (χ0v) is 9.36. The van der Waals surface area contributed by atoms with E-state index in [1.165, 1.54) is 0 Å². The number of hydrogen-bond acceptors (Lipinski definition) is 3. The highest BCUT2D eigenvalue weighted by Crippen LogP contribution is 2.44. The first-order chi connectivity index (χ1) is 7.72. The Bertz CT molecular complexity index is 436. The van der Waals surface area contributed by atoms with Crippen LogP contribution in [0.15, 0.2) is 18.5 Å². The fourth-order valence-electron chi connectivity index (χ4n) is 2.77. The van der Waals surface area contributed by atoms with Crippen LogP contribution in [0.3, 0.4) is 0 Å². The molecule has 2 aliphatic heterocycles. The smallest absolute Gasteiger partial charge is 0.235 e. The molecule has 0 bridgehead atoms. The molecule has 4 heteroatoms. The summed E-state index contributed by atoms with van der Waals surface area (Å²) in [5.41, 5.74) is 1.75. The van der Waals surface area contributed by atoms with Crippen LogP contribution in [0, 0.1) is 0 Å². The van der Waals surface area contributed by atoms with Crippen molar-refractivity contribution >= 4 is 11.6 Å². The Morgan fingerprint density at radius 2 is 2.19 bits per heavy atom. The van der Waals surface area contributed by atoms with E-state index in [2.05, 4.69) is 22.2 Å². The molecule has 84 valence electrons. The summed E-state index contributed by atoms with van der Waals surface area (Å²) < 4.78 is 0. The Kier molecular flexibility index (Phi) is 2.01. The molecule has 0 unspecified atom stereocenters. The van der Waals surface area contributed by atoms with Crippen molar-refractivity contribution in [2.45, 2.75) is 18.3 Å². The van der Waals surface area contributed by atoms with Crippen LogP contribution in [0.5, 0.6) is 0 Å². The molecule has 1 N–H and O–H groups in total. The van der Waals surface area contributed by atoms with Crippen molar-refractivity contribution in [3.63, 3.8) is 0 Å². The normalized spacial score (nSPS) is 23.2. The zero-order valence-electron chi connectivity index (χ0n) is 9.36. The predicted octanol–water partition coefficient (Wildman–Crippen LogP) is 0.997. The van der Waals surface area contributed by atoms with Crippen molar-refractivity contribution < 1.29 is 4.79 Å². The van der Waals surface area contributed by atoms with E-state index in [0.717, 1.165) is 37.2 Å². The van der Waals surface area contributed by atoms with Gasteiger partial charge in [-0.3, -0.25) is 9.78 Å². The summed E-state index contributed by atoms with van der Waals surface area (Å²) in [5.74, 6) is 0.156. The SMILES string of the molecule is CN1CCC2(CC1)C(=O)Nc1cnccc12. The number of hydrogen-bond donors (Lipinski definition) is 1. The maximum atomic E-state index is 12.2. The molecule has 3 heterocycles. The van der Waals surface area contributed by atoms with Crippen molar-refractivity contribution in [3.8, 4) is 0 Å². The minimum atomic E-state index is -0.287. The molecule has 4 nitrogen and oxygen atoms in total. The van der Waals surface area contributed by atoms with Crippen LogP contribution in [0.25, 0.3) is 0 Å². The van der Waals surface area contributed by atoms with Gasteiger partial charge in [0.15, 0.2) is 0 Å². The van der Waals surface area contributed by atoms with Crippen LogP contribution >= 0.6 is 0 Å². The van der Waals surface area contributed by atoms with E-state index in [1.54, 1.807) is 12.4 Å². The maximum absolute atomic E-state index is 12.2.